The molecule has 0 saturated heterocycles. The van der Waals surface area contributed by atoms with Crippen molar-refractivity contribution in [3.8, 4) is 11.5 Å². The van der Waals surface area contributed by atoms with Crippen molar-refractivity contribution in [3.63, 3.8) is 0 Å². The smallest absolute Gasteiger partial charge is 0.231 e. The van der Waals surface area contributed by atoms with Gasteiger partial charge in [-0.15, -0.1) is 0 Å². The Hall–Kier alpha value is -3.02. The van der Waals surface area contributed by atoms with Crippen LogP contribution in [0.1, 0.15) is 24.5 Å². The first-order valence-electron chi connectivity index (χ1n) is 9.64. The van der Waals surface area contributed by atoms with E-state index in [1.165, 1.54) is 0 Å². The molecule has 2 aliphatic rings. The lowest BCUT2D eigenvalue weighted by atomic mass is 10.2. The maximum Gasteiger partial charge on any atom is 0.231 e. The molecule has 6 nitrogen and oxygen atoms in total. The zero-order chi connectivity index (χ0) is 19.5. The van der Waals surface area contributed by atoms with Crippen LogP contribution in [0.3, 0.4) is 0 Å². The molecule has 28 heavy (non-hydrogen) atoms. The average Bonchev–Trinajstić information content (AvgIpc) is 3.40. The van der Waals surface area contributed by atoms with E-state index in [4.69, 9.17) is 9.47 Å². The van der Waals surface area contributed by atoms with Crippen LogP contribution < -0.4 is 14.8 Å². The van der Waals surface area contributed by atoms with Crippen LogP contribution in [-0.2, 0) is 22.7 Å². The molecular formula is C22H24N2O4. The monoisotopic (exact) mass is 380 g/mol. The fraction of sp³-hybridized carbons (Fsp3) is 0.364. The quantitative estimate of drug-likeness (QED) is 0.802. The van der Waals surface area contributed by atoms with Crippen LogP contribution in [0.4, 0.5) is 0 Å². The fourth-order valence-corrected chi connectivity index (χ4v) is 3.51. The maximum atomic E-state index is 12.8. The summed E-state index contributed by atoms with van der Waals surface area (Å²) in [5.74, 6) is 0.986. The Morgan fingerprint density at radius 3 is 2.61 bits per heavy atom. The van der Waals surface area contributed by atoms with Crippen molar-refractivity contribution < 1.29 is 19.1 Å². The zero-order valence-corrected chi connectivity index (χ0v) is 15.9. The Morgan fingerprint density at radius 1 is 1.04 bits per heavy atom. The molecule has 1 heterocycles. The molecule has 1 saturated carbocycles. The number of nitrogens with zero attached hydrogens (tertiary/aromatic N) is 1. The van der Waals surface area contributed by atoms with Gasteiger partial charge in [0.05, 0.1) is 11.8 Å². The molecule has 0 spiro atoms. The number of fused-ring (bicyclic) bond motifs is 1. The summed E-state index contributed by atoms with van der Waals surface area (Å²) in [5, 5.41) is 2.94. The van der Waals surface area contributed by atoms with Gasteiger partial charge in [-0.05, 0) is 36.6 Å². The minimum atomic E-state index is -0.230. The topological polar surface area (TPSA) is 67.9 Å². The summed E-state index contributed by atoms with van der Waals surface area (Å²) in [5.41, 5.74) is 2.04. The molecule has 146 valence electrons. The normalized spacial score (nSPS) is 19.2. The molecule has 1 fully saturated rings. The highest BCUT2D eigenvalue weighted by Gasteiger charge is 2.49. The second-order valence-electron chi connectivity index (χ2n) is 7.19. The van der Waals surface area contributed by atoms with E-state index in [1.807, 2.05) is 60.4 Å². The van der Waals surface area contributed by atoms with Gasteiger partial charge in [0.1, 0.15) is 0 Å². The molecule has 0 bridgehead atoms. The van der Waals surface area contributed by atoms with Gasteiger partial charge in [0.25, 0.3) is 0 Å². The predicted octanol–water partition coefficient (Wildman–Crippen LogP) is 2.72. The van der Waals surface area contributed by atoms with Gasteiger partial charge < -0.3 is 19.7 Å². The molecule has 1 aliphatic carbocycles. The van der Waals surface area contributed by atoms with Crippen molar-refractivity contribution in [2.45, 2.75) is 26.4 Å². The summed E-state index contributed by atoms with van der Waals surface area (Å²) in [4.78, 5) is 27.1. The van der Waals surface area contributed by atoms with Crippen LogP contribution in [0.15, 0.2) is 48.5 Å². The van der Waals surface area contributed by atoms with E-state index < -0.39 is 0 Å². The second kappa shape index (κ2) is 7.92. The number of carbonyl (C=O) groups excluding carboxylic acids is 2. The molecule has 2 unspecified atom stereocenters. The van der Waals surface area contributed by atoms with Gasteiger partial charge >= 0.3 is 0 Å². The van der Waals surface area contributed by atoms with Gasteiger partial charge in [-0.2, -0.15) is 0 Å². The molecule has 2 aromatic rings. The Labute approximate surface area is 164 Å². The molecule has 1 N–H and O–H groups in total. The SMILES string of the molecule is CCN(Cc1ccccc1)C(=O)C1CC1C(=O)NCc1ccc2c(c1)OCO2. The second-order valence-corrected chi connectivity index (χ2v) is 7.19. The molecular weight excluding hydrogens is 356 g/mol. The molecule has 2 aromatic carbocycles. The number of rotatable bonds is 7. The van der Waals surface area contributed by atoms with Gasteiger partial charge in [-0.3, -0.25) is 9.59 Å². The van der Waals surface area contributed by atoms with E-state index in [0.717, 1.165) is 16.9 Å². The summed E-state index contributed by atoms with van der Waals surface area (Å²) >= 11 is 0. The molecule has 1 aliphatic heterocycles. The van der Waals surface area contributed by atoms with E-state index in [9.17, 15) is 9.59 Å². The first-order chi connectivity index (χ1) is 13.7. The first kappa shape index (κ1) is 18.3. The number of ether oxygens (including phenoxy) is 2. The lowest BCUT2D eigenvalue weighted by Crippen LogP contribution is -2.33. The van der Waals surface area contributed by atoms with Gasteiger partial charge in [0.2, 0.25) is 18.6 Å². The molecule has 0 aromatic heterocycles. The Kier molecular flexibility index (Phi) is 5.19. The Balaban J connectivity index is 1.29. The maximum absolute atomic E-state index is 12.8. The van der Waals surface area contributed by atoms with Crippen LogP contribution in [0.2, 0.25) is 0 Å². The van der Waals surface area contributed by atoms with E-state index in [0.29, 0.717) is 31.8 Å². The Morgan fingerprint density at radius 2 is 1.82 bits per heavy atom. The van der Waals surface area contributed by atoms with Gasteiger partial charge in [-0.1, -0.05) is 36.4 Å². The van der Waals surface area contributed by atoms with E-state index in [1.54, 1.807) is 0 Å². The summed E-state index contributed by atoms with van der Waals surface area (Å²) in [6.45, 7) is 3.83. The molecule has 0 radical (unpaired) electrons. The van der Waals surface area contributed by atoms with Crippen molar-refractivity contribution >= 4 is 11.8 Å². The highest BCUT2D eigenvalue weighted by molar-refractivity contribution is 5.92. The summed E-state index contributed by atoms with van der Waals surface area (Å²) in [6, 6.07) is 15.5. The number of carbonyl (C=O) groups is 2. The van der Waals surface area contributed by atoms with E-state index in [-0.39, 0.29) is 30.4 Å². The van der Waals surface area contributed by atoms with E-state index >= 15 is 0 Å². The molecule has 2 atom stereocenters. The fourth-order valence-electron chi connectivity index (χ4n) is 3.51. The molecule has 2 amide bonds. The van der Waals surface area contributed by atoms with Crippen LogP contribution in [0.25, 0.3) is 0 Å². The number of hydrogen-bond donors (Lipinski definition) is 1. The van der Waals surface area contributed by atoms with Gasteiger partial charge in [0, 0.05) is 19.6 Å². The number of benzene rings is 2. The third-order valence-electron chi connectivity index (χ3n) is 5.26. The number of amides is 2. The largest absolute Gasteiger partial charge is 0.454 e. The average molecular weight is 380 g/mol. The Bertz CT molecular complexity index is 868. The minimum absolute atomic E-state index is 0.0632. The lowest BCUT2D eigenvalue weighted by Gasteiger charge is -2.21. The van der Waals surface area contributed by atoms with Crippen molar-refractivity contribution in [2.24, 2.45) is 11.8 Å². The third kappa shape index (κ3) is 3.96. The lowest BCUT2D eigenvalue weighted by molar-refractivity contribution is -0.135. The van der Waals surface area contributed by atoms with Gasteiger partial charge in [0.15, 0.2) is 11.5 Å². The molecule has 6 heteroatoms. The van der Waals surface area contributed by atoms with E-state index in [2.05, 4.69) is 5.32 Å². The van der Waals surface area contributed by atoms with Gasteiger partial charge in [-0.25, -0.2) is 0 Å². The van der Waals surface area contributed by atoms with Crippen LogP contribution >= 0.6 is 0 Å². The standard InChI is InChI=1S/C22H24N2O4/c1-2-24(13-15-6-4-3-5-7-15)22(26)18-11-17(18)21(25)23-12-16-8-9-19-20(10-16)28-14-27-19/h3-10,17-18H,2,11-14H2,1H3,(H,23,25). The zero-order valence-electron chi connectivity index (χ0n) is 15.9. The first-order valence-corrected chi connectivity index (χ1v) is 9.64. The number of hydrogen-bond acceptors (Lipinski definition) is 4. The minimum Gasteiger partial charge on any atom is -0.454 e. The van der Waals surface area contributed by atoms with Crippen molar-refractivity contribution in [3.05, 3.63) is 59.7 Å². The predicted molar refractivity (Wildman–Crippen MR) is 104 cm³/mol. The van der Waals surface area contributed by atoms with Crippen LogP contribution in [0, 0.1) is 11.8 Å². The molecule has 4 rings (SSSR count). The third-order valence-corrected chi connectivity index (χ3v) is 5.26. The van der Waals surface area contributed by atoms with Crippen molar-refractivity contribution in [1.29, 1.82) is 0 Å². The summed E-state index contributed by atoms with van der Waals surface area (Å²) in [7, 11) is 0. The van der Waals surface area contributed by atoms with Crippen LogP contribution in [-0.4, -0.2) is 30.1 Å². The number of nitrogens with one attached hydrogen (secondary N) is 1. The highest BCUT2D eigenvalue weighted by Crippen LogP contribution is 2.40. The van der Waals surface area contributed by atoms with Crippen LogP contribution in [0.5, 0.6) is 11.5 Å². The van der Waals surface area contributed by atoms with Crippen molar-refractivity contribution in [1.82, 2.24) is 10.2 Å². The summed E-state index contributed by atoms with van der Waals surface area (Å²) < 4.78 is 10.6. The van der Waals surface area contributed by atoms with Crippen molar-refractivity contribution in [2.75, 3.05) is 13.3 Å². The highest BCUT2D eigenvalue weighted by atomic mass is 16.7. The summed E-state index contributed by atoms with van der Waals surface area (Å²) in [6.07, 6.45) is 0.622.